The van der Waals surface area contributed by atoms with E-state index < -0.39 is 0 Å². The van der Waals surface area contributed by atoms with Gasteiger partial charge in [0.05, 0.1) is 4.88 Å². The van der Waals surface area contributed by atoms with Crippen molar-refractivity contribution in [2.75, 3.05) is 13.1 Å². The minimum Gasteiger partial charge on any atom is -0.338 e. The lowest BCUT2D eigenvalue weighted by Gasteiger charge is -2.35. The number of amides is 1. The number of thiophene rings is 1. The summed E-state index contributed by atoms with van der Waals surface area (Å²) in [4.78, 5) is 15.3. The van der Waals surface area contributed by atoms with Crippen LogP contribution in [0.2, 0.25) is 0 Å². The summed E-state index contributed by atoms with van der Waals surface area (Å²) in [7, 11) is 0. The predicted octanol–water partition coefficient (Wildman–Crippen LogP) is 2.54. The molecule has 1 saturated heterocycles. The Labute approximate surface area is 119 Å². The van der Waals surface area contributed by atoms with Crippen LogP contribution in [0, 0.1) is 5.92 Å². The van der Waals surface area contributed by atoms with E-state index in [2.05, 4.69) is 19.9 Å². The lowest BCUT2D eigenvalue weighted by Crippen LogP contribution is -2.48. The van der Waals surface area contributed by atoms with Gasteiger partial charge in [-0.2, -0.15) is 0 Å². The van der Waals surface area contributed by atoms with Crippen LogP contribution in [-0.4, -0.2) is 29.9 Å². The molecule has 0 spiro atoms. The van der Waals surface area contributed by atoms with Gasteiger partial charge in [-0.15, -0.1) is 23.7 Å². The first kappa shape index (κ1) is 15.5. The third-order valence-corrected chi connectivity index (χ3v) is 4.53. The van der Waals surface area contributed by atoms with Crippen molar-refractivity contribution < 1.29 is 4.79 Å². The largest absolute Gasteiger partial charge is 0.338 e. The number of piperidine rings is 1. The molecule has 0 aromatic carbocycles. The first-order chi connectivity index (χ1) is 8.13. The molecule has 2 atom stereocenters. The number of aryl methyl sites for hydroxylation is 1. The summed E-state index contributed by atoms with van der Waals surface area (Å²) in [5, 5.41) is 2.01. The van der Waals surface area contributed by atoms with E-state index in [1.807, 2.05) is 10.3 Å². The van der Waals surface area contributed by atoms with E-state index >= 15 is 0 Å². The van der Waals surface area contributed by atoms with E-state index in [0.717, 1.165) is 30.8 Å². The van der Waals surface area contributed by atoms with Gasteiger partial charge in [-0.25, -0.2) is 0 Å². The maximum absolute atomic E-state index is 12.4. The van der Waals surface area contributed by atoms with Gasteiger partial charge >= 0.3 is 0 Å². The van der Waals surface area contributed by atoms with Crippen molar-refractivity contribution in [3.63, 3.8) is 0 Å². The summed E-state index contributed by atoms with van der Waals surface area (Å²) in [5.74, 6) is 0.591. The molecule has 0 aliphatic carbocycles. The molecule has 2 rings (SSSR count). The molecule has 3 nitrogen and oxygen atoms in total. The standard InChI is InChI=1S/C13H20N2OS.ClH/c1-3-10-5-7-17-12(10)13(16)15-6-4-11(14)9(2)8-15;/h5,7,9,11H,3-4,6,8,14H2,1-2H3;1H. The van der Waals surface area contributed by atoms with Crippen molar-refractivity contribution in [2.24, 2.45) is 11.7 Å². The highest BCUT2D eigenvalue weighted by atomic mass is 35.5. The highest BCUT2D eigenvalue weighted by molar-refractivity contribution is 7.12. The number of carbonyl (C=O) groups is 1. The fourth-order valence-corrected chi connectivity index (χ4v) is 3.26. The Morgan fingerprint density at radius 3 is 2.94 bits per heavy atom. The Morgan fingerprint density at radius 2 is 2.33 bits per heavy atom. The van der Waals surface area contributed by atoms with Gasteiger partial charge in [0.25, 0.3) is 5.91 Å². The van der Waals surface area contributed by atoms with Gasteiger partial charge in [0.1, 0.15) is 0 Å². The summed E-state index contributed by atoms with van der Waals surface area (Å²) in [5.41, 5.74) is 7.15. The van der Waals surface area contributed by atoms with E-state index in [1.165, 1.54) is 5.56 Å². The third kappa shape index (κ3) is 3.05. The van der Waals surface area contributed by atoms with Crippen molar-refractivity contribution >= 4 is 29.7 Å². The van der Waals surface area contributed by atoms with Gasteiger partial charge < -0.3 is 10.6 Å². The van der Waals surface area contributed by atoms with E-state index in [0.29, 0.717) is 5.92 Å². The Hall–Kier alpha value is -0.580. The molecule has 2 N–H and O–H groups in total. The fraction of sp³-hybridized carbons (Fsp3) is 0.615. The van der Waals surface area contributed by atoms with Crippen LogP contribution in [0.3, 0.4) is 0 Å². The maximum Gasteiger partial charge on any atom is 0.264 e. The second kappa shape index (κ2) is 6.55. The zero-order valence-corrected chi connectivity index (χ0v) is 12.5. The average Bonchev–Trinajstić information content (AvgIpc) is 2.80. The maximum atomic E-state index is 12.4. The van der Waals surface area contributed by atoms with E-state index in [-0.39, 0.29) is 24.4 Å². The molecule has 1 aromatic heterocycles. The molecule has 1 aliphatic heterocycles. The normalized spacial score (nSPS) is 23.6. The lowest BCUT2D eigenvalue weighted by molar-refractivity contribution is 0.0668. The third-order valence-electron chi connectivity index (χ3n) is 3.58. The first-order valence-corrected chi connectivity index (χ1v) is 7.12. The van der Waals surface area contributed by atoms with Crippen molar-refractivity contribution in [3.8, 4) is 0 Å². The van der Waals surface area contributed by atoms with Crippen molar-refractivity contribution in [1.29, 1.82) is 0 Å². The highest BCUT2D eigenvalue weighted by Gasteiger charge is 2.28. The fourth-order valence-electron chi connectivity index (χ4n) is 2.29. The topological polar surface area (TPSA) is 46.3 Å². The molecule has 1 aliphatic rings. The van der Waals surface area contributed by atoms with Crippen LogP contribution < -0.4 is 5.73 Å². The molecule has 0 radical (unpaired) electrons. The molecule has 1 amide bonds. The van der Waals surface area contributed by atoms with Crippen LogP contribution in [0.25, 0.3) is 0 Å². The predicted molar refractivity (Wildman–Crippen MR) is 78.6 cm³/mol. The number of nitrogens with zero attached hydrogens (tertiary/aromatic N) is 1. The zero-order valence-electron chi connectivity index (χ0n) is 10.9. The van der Waals surface area contributed by atoms with Gasteiger partial charge in [0, 0.05) is 19.1 Å². The molecule has 1 fully saturated rings. The molecule has 1 aromatic rings. The molecular formula is C13H21ClN2OS. The van der Waals surface area contributed by atoms with E-state index in [4.69, 9.17) is 5.73 Å². The number of rotatable bonds is 2. The molecular weight excluding hydrogens is 268 g/mol. The average molecular weight is 289 g/mol. The number of hydrogen-bond acceptors (Lipinski definition) is 3. The molecule has 102 valence electrons. The minimum atomic E-state index is 0. The Kier molecular flexibility index (Phi) is 5.63. The van der Waals surface area contributed by atoms with Crippen LogP contribution in [0.15, 0.2) is 11.4 Å². The molecule has 2 heterocycles. The van der Waals surface area contributed by atoms with Crippen molar-refractivity contribution in [2.45, 2.75) is 32.7 Å². The summed E-state index contributed by atoms with van der Waals surface area (Å²) < 4.78 is 0. The van der Waals surface area contributed by atoms with Crippen LogP contribution >= 0.6 is 23.7 Å². The van der Waals surface area contributed by atoms with Crippen LogP contribution in [0.1, 0.15) is 35.5 Å². The second-order valence-corrected chi connectivity index (χ2v) is 5.73. The van der Waals surface area contributed by atoms with Crippen LogP contribution in [-0.2, 0) is 6.42 Å². The monoisotopic (exact) mass is 288 g/mol. The first-order valence-electron chi connectivity index (χ1n) is 6.24. The summed E-state index contributed by atoms with van der Waals surface area (Å²) in [6.07, 6.45) is 1.84. The van der Waals surface area contributed by atoms with Crippen LogP contribution in [0.4, 0.5) is 0 Å². The Balaban J connectivity index is 0.00000162. The minimum absolute atomic E-state index is 0. The SMILES string of the molecule is CCc1ccsc1C(=O)N1CCC(N)C(C)C1.Cl. The van der Waals surface area contributed by atoms with Crippen LogP contribution in [0.5, 0.6) is 0 Å². The summed E-state index contributed by atoms with van der Waals surface area (Å²) >= 11 is 1.56. The van der Waals surface area contributed by atoms with Gasteiger partial charge in [-0.1, -0.05) is 13.8 Å². The van der Waals surface area contributed by atoms with E-state index in [9.17, 15) is 4.79 Å². The second-order valence-electron chi connectivity index (χ2n) is 4.81. The summed E-state index contributed by atoms with van der Waals surface area (Å²) in [6.45, 7) is 5.80. The number of hydrogen-bond donors (Lipinski definition) is 1. The number of likely N-dealkylation sites (tertiary alicyclic amines) is 1. The van der Waals surface area contributed by atoms with Crippen molar-refractivity contribution in [1.82, 2.24) is 4.90 Å². The van der Waals surface area contributed by atoms with Gasteiger partial charge in [0.15, 0.2) is 0 Å². The Bertz CT molecular complexity index is 407. The number of carbonyl (C=O) groups excluding carboxylic acids is 1. The number of halogens is 1. The van der Waals surface area contributed by atoms with Crippen molar-refractivity contribution in [3.05, 3.63) is 21.9 Å². The smallest absolute Gasteiger partial charge is 0.264 e. The van der Waals surface area contributed by atoms with Gasteiger partial charge in [-0.3, -0.25) is 4.79 Å². The molecule has 18 heavy (non-hydrogen) atoms. The molecule has 2 unspecified atom stereocenters. The molecule has 0 bridgehead atoms. The molecule has 5 heteroatoms. The molecule has 0 saturated carbocycles. The van der Waals surface area contributed by atoms with E-state index in [1.54, 1.807) is 11.3 Å². The lowest BCUT2D eigenvalue weighted by atomic mass is 9.94. The number of nitrogens with two attached hydrogens (primary N) is 1. The Morgan fingerprint density at radius 1 is 1.61 bits per heavy atom. The quantitative estimate of drug-likeness (QED) is 0.909. The summed E-state index contributed by atoms with van der Waals surface area (Å²) in [6, 6.07) is 2.30. The zero-order chi connectivity index (χ0) is 12.4. The highest BCUT2D eigenvalue weighted by Crippen LogP contribution is 2.23. The van der Waals surface area contributed by atoms with Gasteiger partial charge in [-0.05, 0) is 35.8 Å². The van der Waals surface area contributed by atoms with Gasteiger partial charge in [0.2, 0.25) is 0 Å².